The van der Waals surface area contributed by atoms with Crippen LogP contribution in [0.1, 0.15) is 44.9 Å². The molecule has 19 heavy (non-hydrogen) atoms. The lowest BCUT2D eigenvalue weighted by Crippen LogP contribution is -2.24. The summed E-state index contributed by atoms with van der Waals surface area (Å²) >= 11 is 1.12. The number of hydrogen-bond donors (Lipinski definition) is 0. The second kappa shape index (κ2) is 5.86. The number of carbonyl (C=O) groups excluding carboxylic acids is 1. The van der Waals surface area contributed by atoms with E-state index in [9.17, 15) is 4.79 Å². The zero-order valence-corrected chi connectivity index (χ0v) is 11.8. The van der Waals surface area contributed by atoms with Gasteiger partial charge in [0, 0.05) is 13.1 Å². The molecule has 1 saturated carbocycles. The lowest BCUT2D eigenvalue weighted by Gasteiger charge is -2.20. The van der Waals surface area contributed by atoms with E-state index >= 15 is 0 Å². The zero-order valence-electron chi connectivity index (χ0n) is 11.0. The smallest absolute Gasteiger partial charge is 0.315 e. The number of hydrogen-bond acceptors (Lipinski definition) is 6. The third-order valence-corrected chi connectivity index (χ3v) is 4.49. The third kappa shape index (κ3) is 2.88. The van der Waals surface area contributed by atoms with Crippen molar-refractivity contribution in [2.24, 2.45) is 5.92 Å². The molecular formula is C13H19N3O2S. The Kier molecular flexibility index (Phi) is 3.96. The topological polar surface area (TPSA) is 55.3 Å². The molecular weight excluding hydrogens is 262 g/mol. The fourth-order valence-corrected chi connectivity index (χ4v) is 3.38. The van der Waals surface area contributed by atoms with Crippen molar-refractivity contribution in [1.29, 1.82) is 0 Å². The minimum atomic E-state index is -0.118. The predicted molar refractivity (Wildman–Crippen MR) is 73.6 cm³/mol. The van der Waals surface area contributed by atoms with Crippen molar-refractivity contribution in [2.45, 2.75) is 44.9 Å². The highest BCUT2D eigenvalue weighted by atomic mass is 32.1. The first kappa shape index (κ1) is 12.8. The van der Waals surface area contributed by atoms with Crippen LogP contribution in [0.4, 0.5) is 5.82 Å². The normalized spacial score (nSPS) is 20.7. The average Bonchev–Trinajstić information content (AvgIpc) is 3.10. The molecule has 0 atom stereocenters. The van der Waals surface area contributed by atoms with Crippen LogP contribution in [0.15, 0.2) is 0 Å². The van der Waals surface area contributed by atoms with Crippen molar-refractivity contribution >= 4 is 23.5 Å². The summed E-state index contributed by atoms with van der Waals surface area (Å²) < 4.78 is 13.9. The Hall–Kier alpha value is -1.17. The fraction of sp³-hybridized carbons (Fsp3) is 0.769. The number of nitrogens with zero attached hydrogens (tertiary/aromatic N) is 3. The van der Waals surface area contributed by atoms with Crippen molar-refractivity contribution in [2.75, 3.05) is 18.0 Å². The fourth-order valence-electron chi connectivity index (χ4n) is 2.88. The maximum atomic E-state index is 12.1. The lowest BCUT2D eigenvalue weighted by atomic mass is 9.89. The Labute approximate surface area is 117 Å². The Morgan fingerprint density at radius 2 is 1.84 bits per heavy atom. The molecule has 0 radical (unpaired) electrons. The summed E-state index contributed by atoms with van der Waals surface area (Å²) in [6.45, 7) is 1.97. The maximum Gasteiger partial charge on any atom is 0.315 e. The number of rotatable bonds is 3. The predicted octanol–water partition coefficient (Wildman–Crippen LogP) is 2.62. The SMILES string of the molecule is O=C(Oc1nsnc1N1CCCC1)C1CCCCC1. The molecule has 1 aliphatic heterocycles. The quantitative estimate of drug-likeness (QED) is 0.797. The van der Waals surface area contributed by atoms with Gasteiger partial charge in [0.1, 0.15) is 0 Å². The number of anilines is 1. The Balaban J connectivity index is 1.65. The Morgan fingerprint density at radius 1 is 1.11 bits per heavy atom. The van der Waals surface area contributed by atoms with Gasteiger partial charge in [-0.3, -0.25) is 4.79 Å². The van der Waals surface area contributed by atoms with Crippen LogP contribution in [0.5, 0.6) is 5.88 Å². The van der Waals surface area contributed by atoms with E-state index in [2.05, 4.69) is 13.6 Å². The largest absolute Gasteiger partial charge is 0.402 e. The molecule has 0 unspecified atom stereocenters. The summed E-state index contributed by atoms with van der Waals surface area (Å²) in [5.41, 5.74) is 0. The van der Waals surface area contributed by atoms with E-state index in [1.807, 2.05) is 0 Å². The molecule has 2 aliphatic rings. The van der Waals surface area contributed by atoms with E-state index in [-0.39, 0.29) is 11.9 Å². The highest BCUT2D eigenvalue weighted by molar-refractivity contribution is 6.99. The van der Waals surface area contributed by atoms with E-state index in [0.29, 0.717) is 5.88 Å². The first-order valence-corrected chi connectivity index (χ1v) is 7.87. The van der Waals surface area contributed by atoms with Gasteiger partial charge in [-0.25, -0.2) is 0 Å². The zero-order chi connectivity index (χ0) is 13.1. The highest BCUT2D eigenvalue weighted by Gasteiger charge is 2.27. The molecule has 2 heterocycles. The highest BCUT2D eigenvalue weighted by Crippen LogP contribution is 2.31. The molecule has 5 nitrogen and oxygen atoms in total. The van der Waals surface area contributed by atoms with Crippen LogP contribution in [0, 0.1) is 5.92 Å². The molecule has 2 fully saturated rings. The molecule has 104 valence electrons. The monoisotopic (exact) mass is 281 g/mol. The van der Waals surface area contributed by atoms with Crippen LogP contribution < -0.4 is 9.64 Å². The van der Waals surface area contributed by atoms with Crippen molar-refractivity contribution in [1.82, 2.24) is 8.75 Å². The van der Waals surface area contributed by atoms with E-state index in [1.54, 1.807) is 0 Å². The molecule has 0 N–H and O–H groups in total. The molecule has 1 aromatic rings. The first-order valence-electron chi connectivity index (χ1n) is 7.14. The van der Waals surface area contributed by atoms with Gasteiger partial charge in [-0.15, -0.1) is 4.37 Å². The van der Waals surface area contributed by atoms with Gasteiger partial charge in [-0.05, 0) is 25.7 Å². The Bertz CT molecular complexity index is 437. The van der Waals surface area contributed by atoms with Crippen LogP contribution in [0.25, 0.3) is 0 Å². The minimum Gasteiger partial charge on any atom is -0.402 e. The molecule has 0 spiro atoms. The molecule has 0 aromatic carbocycles. The van der Waals surface area contributed by atoms with Gasteiger partial charge in [0.15, 0.2) is 0 Å². The number of esters is 1. The summed E-state index contributed by atoms with van der Waals surface area (Å²) in [6.07, 6.45) is 7.76. The van der Waals surface area contributed by atoms with Crippen molar-refractivity contribution in [3.8, 4) is 5.88 Å². The van der Waals surface area contributed by atoms with Gasteiger partial charge in [0.25, 0.3) is 5.88 Å². The molecule has 0 amide bonds. The number of carbonyl (C=O) groups is 1. The van der Waals surface area contributed by atoms with Crippen molar-refractivity contribution in [3.63, 3.8) is 0 Å². The Morgan fingerprint density at radius 3 is 2.58 bits per heavy atom. The maximum absolute atomic E-state index is 12.1. The van der Waals surface area contributed by atoms with E-state index < -0.39 is 0 Å². The summed E-state index contributed by atoms with van der Waals surface area (Å²) in [5.74, 6) is 1.11. The van der Waals surface area contributed by atoms with Crippen LogP contribution in [-0.4, -0.2) is 27.8 Å². The van der Waals surface area contributed by atoms with Gasteiger partial charge in [0.05, 0.1) is 17.6 Å². The standard InChI is InChI=1S/C13H19N3O2S/c17-13(10-6-2-1-3-7-10)18-12-11(14-19-15-12)16-8-4-5-9-16/h10H,1-9H2. The number of aromatic nitrogens is 2. The van der Waals surface area contributed by atoms with Crippen LogP contribution >= 0.6 is 11.7 Å². The molecule has 3 rings (SSSR count). The van der Waals surface area contributed by atoms with Gasteiger partial charge in [0.2, 0.25) is 5.82 Å². The molecule has 0 bridgehead atoms. The van der Waals surface area contributed by atoms with Crippen LogP contribution in [-0.2, 0) is 4.79 Å². The molecule has 1 aromatic heterocycles. The lowest BCUT2D eigenvalue weighted by molar-refractivity contribution is -0.140. The van der Waals surface area contributed by atoms with Gasteiger partial charge >= 0.3 is 5.97 Å². The number of ether oxygens (including phenoxy) is 1. The second-order valence-corrected chi connectivity index (χ2v) is 5.87. The molecule has 1 saturated heterocycles. The summed E-state index contributed by atoms with van der Waals surface area (Å²) in [4.78, 5) is 14.3. The van der Waals surface area contributed by atoms with E-state index in [0.717, 1.165) is 56.3 Å². The van der Waals surface area contributed by atoms with Gasteiger partial charge in [-0.1, -0.05) is 19.3 Å². The van der Waals surface area contributed by atoms with E-state index in [4.69, 9.17) is 4.74 Å². The van der Waals surface area contributed by atoms with Crippen LogP contribution in [0.3, 0.4) is 0 Å². The first-order chi connectivity index (χ1) is 9.34. The second-order valence-electron chi connectivity index (χ2n) is 5.34. The van der Waals surface area contributed by atoms with Crippen molar-refractivity contribution < 1.29 is 9.53 Å². The third-order valence-electron chi connectivity index (χ3n) is 3.98. The summed E-state index contributed by atoms with van der Waals surface area (Å²) in [6, 6.07) is 0. The van der Waals surface area contributed by atoms with Crippen LogP contribution in [0.2, 0.25) is 0 Å². The van der Waals surface area contributed by atoms with Crippen molar-refractivity contribution in [3.05, 3.63) is 0 Å². The summed E-state index contributed by atoms with van der Waals surface area (Å²) in [5, 5.41) is 0. The van der Waals surface area contributed by atoms with Gasteiger partial charge < -0.3 is 9.64 Å². The molecule has 1 aliphatic carbocycles. The molecule has 6 heteroatoms. The van der Waals surface area contributed by atoms with E-state index in [1.165, 1.54) is 19.3 Å². The van der Waals surface area contributed by atoms with Gasteiger partial charge in [-0.2, -0.15) is 4.37 Å². The minimum absolute atomic E-state index is 0.0573. The summed E-state index contributed by atoms with van der Waals surface area (Å²) in [7, 11) is 0. The average molecular weight is 281 g/mol.